The molecule has 1 saturated heterocycles. The zero-order chi connectivity index (χ0) is 20.1. The summed E-state index contributed by atoms with van der Waals surface area (Å²) in [5, 5.41) is 4.07. The lowest BCUT2D eigenvalue weighted by molar-refractivity contribution is -0.137. The number of rotatable bonds is 6. The van der Waals surface area contributed by atoms with E-state index in [1.165, 1.54) is 0 Å². The lowest BCUT2D eigenvalue weighted by Crippen LogP contribution is -2.46. The van der Waals surface area contributed by atoms with Crippen LogP contribution in [0.1, 0.15) is 17.4 Å². The maximum absolute atomic E-state index is 13.1. The summed E-state index contributed by atoms with van der Waals surface area (Å²) in [6.07, 6.45) is 0. The Labute approximate surface area is 175 Å². The Balaban J connectivity index is 1.48. The lowest BCUT2D eigenvalue weighted by atomic mass is 10.1. The minimum absolute atomic E-state index is 0.0592. The molecule has 0 bridgehead atoms. The van der Waals surface area contributed by atoms with E-state index in [1.807, 2.05) is 71.6 Å². The predicted octanol–water partition coefficient (Wildman–Crippen LogP) is 4.29. The highest BCUT2D eigenvalue weighted by atomic mass is 35.5. The van der Waals surface area contributed by atoms with Gasteiger partial charge in [-0.2, -0.15) is 0 Å². The summed E-state index contributed by atoms with van der Waals surface area (Å²) in [4.78, 5) is 15.0. The quantitative estimate of drug-likeness (QED) is 0.658. The number of nitrogens with one attached hydrogen (secondary N) is 1. The average molecular weight is 411 g/mol. The van der Waals surface area contributed by atoms with Crippen LogP contribution in [0.4, 0.5) is 0 Å². The molecule has 1 amide bonds. The molecule has 3 aromatic rings. The molecule has 0 aliphatic carbocycles. The number of carbonyl (C=O) groups excluding carboxylic acids is 1. The maximum Gasteiger partial charge on any atom is 0.244 e. The van der Waals surface area contributed by atoms with Gasteiger partial charge >= 0.3 is 0 Å². The van der Waals surface area contributed by atoms with Gasteiger partial charge in [-0.05, 0) is 42.0 Å². The van der Waals surface area contributed by atoms with Gasteiger partial charge in [-0.25, -0.2) is 0 Å². The fraction of sp³-hybridized carbons (Fsp3) is 0.261. The fourth-order valence-electron chi connectivity index (χ4n) is 3.40. The highest BCUT2D eigenvalue weighted by Crippen LogP contribution is 2.24. The minimum Gasteiger partial charge on any atom is -0.460 e. The van der Waals surface area contributed by atoms with E-state index >= 15 is 0 Å². The van der Waals surface area contributed by atoms with Crippen LogP contribution in [0.15, 0.2) is 71.1 Å². The normalized spacial score (nSPS) is 15.3. The second kappa shape index (κ2) is 9.27. The molecule has 2 heterocycles. The molecule has 1 atom stereocenters. The van der Waals surface area contributed by atoms with Crippen LogP contribution in [0, 0.1) is 0 Å². The van der Waals surface area contributed by atoms with Crippen molar-refractivity contribution in [2.24, 2.45) is 0 Å². The minimum atomic E-state index is -0.432. The molecule has 150 valence electrons. The highest BCUT2D eigenvalue weighted by Gasteiger charge is 2.27. The van der Waals surface area contributed by atoms with Crippen molar-refractivity contribution >= 4 is 17.5 Å². The van der Waals surface area contributed by atoms with Crippen LogP contribution in [-0.4, -0.2) is 37.1 Å². The number of nitrogens with zero attached hydrogens (tertiary/aromatic N) is 1. The number of hydrogen-bond acceptors (Lipinski definition) is 4. The molecule has 2 aromatic carbocycles. The molecular weight excluding hydrogens is 388 g/mol. The lowest BCUT2D eigenvalue weighted by Gasteiger charge is -2.31. The Morgan fingerprint density at radius 1 is 1.00 bits per heavy atom. The van der Waals surface area contributed by atoms with E-state index in [0.29, 0.717) is 37.9 Å². The zero-order valence-electron chi connectivity index (χ0n) is 16.0. The Hall–Kier alpha value is -2.60. The average Bonchev–Trinajstić information content (AvgIpc) is 3.24. The van der Waals surface area contributed by atoms with Crippen LogP contribution in [-0.2, 0) is 16.1 Å². The summed E-state index contributed by atoms with van der Waals surface area (Å²) in [6, 6.07) is 20.7. The number of ether oxygens (including phenoxy) is 1. The first kappa shape index (κ1) is 19.7. The molecule has 1 aliphatic rings. The zero-order valence-corrected chi connectivity index (χ0v) is 16.8. The van der Waals surface area contributed by atoms with Gasteiger partial charge < -0.3 is 14.1 Å². The summed E-state index contributed by atoms with van der Waals surface area (Å²) in [5.74, 6) is 1.60. The SMILES string of the molecule is O=C(C(NCc1ccc(-c2ccc(Cl)cc2)o1)c1ccccc1)N1CCOCC1. The van der Waals surface area contributed by atoms with Crippen LogP contribution >= 0.6 is 11.6 Å². The molecule has 1 unspecified atom stereocenters. The first-order valence-corrected chi connectivity index (χ1v) is 10.1. The van der Waals surface area contributed by atoms with Gasteiger partial charge in [0, 0.05) is 23.7 Å². The second-order valence-electron chi connectivity index (χ2n) is 6.94. The monoisotopic (exact) mass is 410 g/mol. The molecule has 1 fully saturated rings. The van der Waals surface area contributed by atoms with Gasteiger partial charge in [0.15, 0.2) is 0 Å². The molecule has 1 N–H and O–H groups in total. The van der Waals surface area contributed by atoms with E-state index in [4.69, 9.17) is 20.8 Å². The maximum atomic E-state index is 13.1. The van der Waals surface area contributed by atoms with Crippen molar-refractivity contribution in [3.63, 3.8) is 0 Å². The van der Waals surface area contributed by atoms with Crippen molar-refractivity contribution < 1.29 is 13.9 Å². The van der Waals surface area contributed by atoms with E-state index in [0.717, 1.165) is 22.6 Å². The number of morpholine rings is 1. The van der Waals surface area contributed by atoms with Gasteiger partial charge in [0.05, 0.1) is 19.8 Å². The summed E-state index contributed by atoms with van der Waals surface area (Å²) >= 11 is 5.96. The van der Waals surface area contributed by atoms with Gasteiger partial charge in [-0.1, -0.05) is 41.9 Å². The summed E-state index contributed by atoms with van der Waals surface area (Å²) < 4.78 is 11.3. The van der Waals surface area contributed by atoms with Crippen molar-refractivity contribution in [1.29, 1.82) is 0 Å². The topological polar surface area (TPSA) is 54.7 Å². The number of carbonyl (C=O) groups is 1. The predicted molar refractivity (Wildman–Crippen MR) is 113 cm³/mol. The summed E-state index contributed by atoms with van der Waals surface area (Å²) in [6.45, 7) is 2.84. The highest BCUT2D eigenvalue weighted by molar-refractivity contribution is 6.30. The first-order valence-electron chi connectivity index (χ1n) is 9.70. The molecule has 0 radical (unpaired) electrons. The third-order valence-electron chi connectivity index (χ3n) is 4.97. The molecule has 1 aromatic heterocycles. The first-order chi connectivity index (χ1) is 14.2. The van der Waals surface area contributed by atoms with E-state index < -0.39 is 6.04 Å². The Bertz CT molecular complexity index is 934. The summed E-state index contributed by atoms with van der Waals surface area (Å²) in [7, 11) is 0. The standard InChI is InChI=1S/C23H23ClN2O3/c24-19-8-6-17(7-9-19)21-11-10-20(29-21)16-25-22(18-4-2-1-3-5-18)23(27)26-12-14-28-15-13-26/h1-11,22,25H,12-16H2. The van der Waals surface area contributed by atoms with Crippen LogP contribution in [0.5, 0.6) is 0 Å². The van der Waals surface area contributed by atoms with Crippen molar-refractivity contribution in [3.8, 4) is 11.3 Å². The number of amides is 1. The third-order valence-corrected chi connectivity index (χ3v) is 5.23. The van der Waals surface area contributed by atoms with Crippen LogP contribution in [0.2, 0.25) is 5.02 Å². The molecule has 5 nitrogen and oxygen atoms in total. The van der Waals surface area contributed by atoms with Crippen LogP contribution in [0.3, 0.4) is 0 Å². The Morgan fingerprint density at radius 3 is 2.45 bits per heavy atom. The summed E-state index contributed by atoms with van der Waals surface area (Å²) in [5.41, 5.74) is 1.90. The molecular formula is C23H23ClN2O3. The smallest absolute Gasteiger partial charge is 0.244 e. The van der Waals surface area contributed by atoms with E-state index in [9.17, 15) is 4.79 Å². The van der Waals surface area contributed by atoms with Gasteiger partial charge in [-0.15, -0.1) is 0 Å². The van der Waals surface area contributed by atoms with E-state index in [2.05, 4.69) is 5.32 Å². The van der Waals surface area contributed by atoms with E-state index in [1.54, 1.807) is 0 Å². The number of halogens is 1. The van der Waals surface area contributed by atoms with Gasteiger partial charge in [0.1, 0.15) is 17.6 Å². The molecule has 0 spiro atoms. The molecule has 4 rings (SSSR count). The Kier molecular flexibility index (Phi) is 6.30. The Morgan fingerprint density at radius 2 is 1.72 bits per heavy atom. The van der Waals surface area contributed by atoms with Crippen molar-refractivity contribution in [3.05, 3.63) is 83.1 Å². The largest absolute Gasteiger partial charge is 0.460 e. The van der Waals surface area contributed by atoms with Gasteiger partial charge in [0.25, 0.3) is 0 Å². The number of benzene rings is 2. The molecule has 6 heteroatoms. The second-order valence-corrected chi connectivity index (χ2v) is 7.37. The number of furan rings is 1. The number of hydrogen-bond donors (Lipinski definition) is 1. The van der Waals surface area contributed by atoms with Crippen LogP contribution in [0.25, 0.3) is 11.3 Å². The molecule has 0 saturated carbocycles. The van der Waals surface area contributed by atoms with Crippen LogP contribution < -0.4 is 5.32 Å². The van der Waals surface area contributed by atoms with Crippen molar-refractivity contribution in [2.45, 2.75) is 12.6 Å². The van der Waals surface area contributed by atoms with E-state index in [-0.39, 0.29) is 5.91 Å². The molecule has 29 heavy (non-hydrogen) atoms. The fourth-order valence-corrected chi connectivity index (χ4v) is 3.53. The van der Waals surface area contributed by atoms with Crippen molar-refractivity contribution in [1.82, 2.24) is 10.2 Å². The van der Waals surface area contributed by atoms with Gasteiger partial charge in [-0.3, -0.25) is 10.1 Å². The van der Waals surface area contributed by atoms with Crippen molar-refractivity contribution in [2.75, 3.05) is 26.3 Å². The third kappa shape index (κ3) is 4.88. The van der Waals surface area contributed by atoms with Gasteiger partial charge in [0.2, 0.25) is 5.91 Å². The molecule has 1 aliphatic heterocycles.